The largest absolute Gasteiger partial charge is 0.496 e. The van der Waals surface area contributed by atoms with Gasteiger partial charge in [0, 0.05) is 0 Å². The van der Waals surface area contributed by atoms with Gasteiger partial charge in [-0.3, -0.25) is 0 Å². The van der Waals surface area contributed by atoms with Crippen molar-refractivity contribution in [1.29, 1.82) is 0 Å². The molecule has 0 radical (unpaired) electrons. The van der Waals surface area contributed by atoms with E-state index < -0.39 is 0 Å². The number of hydrogen-bond acceptors (Lipinski definition) is 3. The Morgan fingerprint density at radius 2 is 2.12 bits per heavy atom. The highest BCUT2D eigenvalue weighted by molar-refractivity contribution is 7.10. The lowest BCUT2D eigenvalue weighted by Gasteiger charge is -2.13. The second-order valence-electron chi connectivity index (χ2n) is 3.84. The number of hydrogen-bond donors (Lipinski definition) is 1. The minimum Gasteiger partial charge on any atom is -0.496 e. The summed E-state index contributed by atoms with van der Waals surface area (Å²) in [5, 5.41) is 1.92. The van der Waals surface area contributed by atoms with E-state index >= 15 is 0 Å². The number of nitrogens with two attached hydrogens (primary N) is 1. The van der Waals surface area contributed by atoms with Crippen LogP contribution in [0.1, 0.15) is 22.0 Å². The maximum atomic E-state index is 13.5. The van der Waals surface area contributed by atoms with E-state index in [1.54, 1.807) is 20.1 Å². The molecule has 2 nitrogen and oxygen atoms in total. The third kappa shape index (κ3) is 2.33. The second-order valence-corrected chi connectivity index (χ2v) is 4.79. The molecule has 2 N–H and O–H groups in total. The fourth-order valence-corrected chi connectivity index (χ4v) is 2.55. The molecule has 0 amide bonds. The lowest BCUT2D eigenvalue weighted by Crippen LogP contribution is -2.11. The molecular formula is C13H14FNOS. The maximum absolute atomic E-state index is 13.5. The molecule has 0 saturated carbocycles. The molecule has 4 heteroatoms. The van der Waals surface area contributed by atoms with E-state index in [2.05, 4.69) is 0 Å². The molecule has 0 fully saturated rings. The lowest BCUT2D eigenvalue weighted by molar-refractivity contribution is 0.411. The van der Waals surface area contributed by atoms with Crippen molar-refractivity contribution in [3.05, 3.63) is 51.5 Å². The van der Waals surface area contributed by atoms with E-state index in [1.165, 1.54) is 17.4 Å². The van der Waals surface area contributed by atoms with Gasteiger partial charge in [-0.05, 0) is 35.6 Å². The van der Waals surface area contributed by atoms with Crippen LogP contribution in [0.3, 0.4) is 0 Å². The van der Waals surface area contributed by atoms with Gasteiger partial charge in [0.2, 0.25) is 0 Å². The van der Waals surface area contributed by atoms with Gasteiger partial charge in [0.25, 0.3) is 0 Å². The smallest absolute Gasteiger partial charge is 0.134 e. The topological polar surface area (TPSA) is 35.2 Å². The Morgan fingerprint density at radius 3 is 2.76 bits per heavy atom. The van der Waals surface area contributed by atoms with Gasteiger partial charge in [0.05, 0.1) is 18.0 Å². The van der Waals surface area contributed by atoms with Crippen molar-refractivity contribution in [2.24, 2.45) is 5.73 Å². The number of halogens is 1. The molecule has 0 aliphatic heterocycles. The molecule has 90 valence electrons. The van der Waals surface area contributed by atoms with E-state index in [-0.39, 0.29) is 11.9 Å². The molecule has 1 unspecified atom stereocenters. The van der Waals surface area contributed by atoms with Crippen LogP contribution in [-0.4, -0.2) is 7.11 Å². The molecule has 1 atom stereocenters. The first-order chi connectivity index (χ1) is 8.13. The predicted octanol–water partition coefficient (Wildman–Crippen LogP) is 3.25. The monoisotopic (exact) mass is 251 g/mol. The van der Waals surface area contributed by atoms with Crippen LogP contribution in [0.15, 0.2) is 29.6 Å². The summed E-state index contributed by atoms with van der Waals surface area (Å²) in [5.41, 5.74) is 7.50. The molecule has 0 aliphatic carbocycles. The number of benzene rings is 1. The summed E-state index contributed by atoms with van der Waals surface area (Å²) in [6, 6.07) is 6.59. The van der Waals surface area contributed by atoms with Crippen molar-refractivity contribution in [3.8, 4) is 5.75 Å². The van der Waals surface area contributed by atoms with E-state index in [1.807, 2.05) is 17.5 Å². The highest BCUT2D eigenvalue weighted by atomic mass is 32.1. The minimum absolute atomic E-state index is 0.228. The summed E-state index contributed by atoms with van der Waals surface area (Å²) in [4.78, 5) is 0.913. The van der Waals surface area contributed by atoms with Gasteiger partial charge < -0.3 is 10.5 Å². The highest BCUT2D eigenvalue weighted by Crippen LogP contribution is 2.33. The molecule has 1 aromatic carbocycles. The van der Waals surface area contributed by atoms with Crippen molar-refractivity contribution in [1.82, 2.24) is 0 Å². The van der Waals surface area contributed by atoms with Crippen LogP contribution >= 0.6 is 11.3 Å². The summed E-state index contributed by atoms with van der Waals surface area (Å²) in [7, 11) is 1.61. The summed E-state index contributed by atoms with van der Waals surface area (Å²) in [6.07, 6.45) is 0. The number of aryl methyl sites for hydroxylation is 1. The average Bonchev–Trinajstić information content (AvgIpc) is 2.80. The SMILES string of the molecule is COc1ccsc1C(N)c1ccc(C)c(F)c1. The molecule has 0 bridgehead atoms. The Morgan fingerprint density at radius 1 is 1.35 bits per heavy atom. The van der Waals surface area contributed by atoms with Crippen LogP contribution < -0.4 is 10.5 Å². The van der Waals surface area contributed by atoms with Crippen LogP contribution in [0.25, 0.3) is 0 Å². The van der Waals surface area contributed by atoms with Gasteiger partial charge in [0.1, 0.15) is 11.6 Å². The third-order valence-corrected chi connectivity index (χ3v) is 3.70. The van der Waals surface area contributed by atoms with Gasteiger partial charge in [0.15, 0.2) is 0 Å². The first kappa shape index (κ1) is 12.1. The molecule has 2 rings (SSSR count). The van der Waals surface area contributed by atoms with Crippen molar-refractivity contribution < 1.29 is 9.13 Å². The van der Waals surface area contributed by atoms with Gasteiger partial charge in [-0.1, -0.05) is 12.1 Å². The van der Waals surface area contributed by atoms with Crippen molar-refractivity contribution in [3.63, 3.8) is 0 Å². The van der Waals surface area contributed by atoms with Crippen molar-refractivity contribution >= 4 is 11.3 Å². The number of methoxy groups -OCH3 is 1. The second kappa shape index (κ2) is 4.85. The molecule has 0 saturated heterocycles. The summed E-state index contributed by atoms with van der Waals surface area (Å²) < 4.78 is 18.7. The maximum Gasteiger partial charge on any atom is 0.134 e. The van der Waals surface area contributed by atoms with E-state index in [9.17, 15) is 4.39 Å². The van der Waals surface area contributed by atoms with Gasteiger partial charge in [-0.25, -0.2) is 4.39 Å². The first-order valence-corrected chi connectivity index (χ1v) is 6.14. The van der Waals surface area contributed by atoms with Gasteiger partial charge in [-0.15, -0.1) is 11.3 Å². The van der Waals surface area contributed by atoms with E-state index in [4.69, 9.17) is 10.5 Å². The van der Waals surface area contributed by atoms with Gasteiger partial charge in [-0.2, -0.15) is 0 Å². The Labute approximate surface area is 104 Å². The summed E-state index contributed by atoms with van der Waals surface area (Å²) in [6.45, 7) is 1.73. The quantitative estimate of drug-likeness (QED) is 0.908. The molecule has 17 heavy (non-hydrogen) atoms. The van der Waals surface area contributed by atoms with E-state index in [0.29, 0.717) is 5.56 Å². The Kier molecular flexibility index (Phi) is 3.45. The molecule has 2 aromatic rings. The van der Waals surface area contributed by atoms with Crippen LogP contribution in [0.4, 0.5) is 4.39 Å². The normalized spacial score (nSPS) is 12.5. The Balaban J connectivity index is 2.36. The van der Waals surface area contributed by atoms with Crippen LogP contribution in [-0.2, 0) is 0 Å². The molecule has 1 heterocycles. The molecule has 0 spiro atoms. The first-order valence-electron chi connectivity index (χ1n) is 5.26. The zero-order chi connectivity index (χ0) is 12.4. The average molecular weight is 251 g/mol. The van der Waals surface area contributed by atoms with Crippen molar-refractivity contribution in [2.45, 2.75) is 13.0 Å². The zero-order valence-electron chi connectivity index (χ0n) is 9.74. The summed E-state index contributed by atoms with van der Waals surface area (Å²) >= 11 is 1.51. The summed E-state index contributed by atoms with van der Waals surface area (Å²) in [5.74, 6) is 0.525. The van der Waals surface area contributed by atoms with Gasteiger partial charge >= 0.3 is 0 Å². The predicted molar refractivity (Wildman–Crippen MR) is 68.0 cm³/mol. The Bertz CT molecular complexity index is 524. The van der Waals surface area contributed by atoms with Crippen LogP contribution in [0, 0.1) is 12.7 Å². The molecule has 1 aromatic heterocycles. The molecular weight excluding hydrogens is 237 g/mol. The number of thiophene rings is 1. The highest BCUT2D eigenvalue weighted by Gasteiger charge is 2.16. The third-order valence-electron chi connectivity index (χ3n) is 2.71. The molecule has 0 aliphatic rings. The standard InChI is InChI=1S/C13H14FNOS/c1-8-3-4-9(7-10(8)14)12(15)13-11(16-2)5-6-17-13/h3-7,12H,15H2,1-2H3. The van der Waals surface area contributed by atoms with Crippen LogP contribution in [0.2, 0.25) is 0 Å². The number of rotatable bonds is 3. The lowest BCUT2D eigenvalue weighted by atomic mass is 10.0. The number of ether oxygens (including phenoxy) is 1. The van der Waals surface area contributed by atoms with Crippen LogP contribution in [0.5, 0.6) is 5.75 Å². The zero-order valence-corrected chi connectivity index (χ0v) is 10.6. The van der Waals surface area contributed by atoms with E-state index in [0.717, 1.165) is 16.2 Å². The fourth-order valence-electron chi connectivity index (χ4n) is 1.66. The fraction of sp³-hybridized carbons (Fsp3) is 0.231. The minimum atomic E-state index is -0.347. The Hall–Kier alpha value is -1.39. The van der Waals surface area contributed by atoms with Crippen molar-refractivity contribution in [2.75, 3.05) is 7.11 Å².